The maximum absolute atomic E-state index is 13.4. The molecule has 2 aliphatic rings. The van der Waals surface area contributed by atoms with Crippen LogP contribution in [-0.4, -0.2) is 38.9 Å². The molecule has 2 aromatic heterocycles. The summed E-state index contributed by atoms with van der Waals surface area (Å²) in [5, 5.41) is 1.24. The summed E-state index contributed by atoms with van der Waals surface area (Å²) in [7, 11) is 0. The second-order valence-electron chi connectivity index (χ2n) is 8.22. The van der Waals surface area contributed by atoms with Crippen molar-refractivity contribution in [1.82, 2.24) is 19.9 Å². The minimum absolute atomic E-state index is 0.0279. The van der Waals surface area contributed by atoms with Crippen molar-refractivity contribution in [3.63, 3.8) is 0 Å². The normalized spacial score (nSPS) is 17.4. The number of H-pyrrole nitrogens is 1. The number of ether oxygens (including phenoxy) is 1. The molecule has 6 heteroatoms. The number of fused-ring (bicyclic) bond motifs is 4. The molecule has 2 aromatic carbocycles. The lowest BCUT2D eigenvalue weighted by Crippen LogP contribution is -2.39. The zero-order valence-electron chi connectivity index (χ0n) is 17.5. The third-order valence-electron chi connectivity index (χ3n) is 6.35. The Bertz CT molecular complexity index is 1340. The van der Waals surface area contributed by atoms with Crippen molar-refractivity contribution in [3.05, 3.63) is 95.2 Å². The summed E-state index contributed by atoms with van der Waals surface area (Å²) in [5.41, 5.74) is 6.61. The summed E-state index contributed by atoms with van der Waals surface area (Å²) in [6.45, 7) is 1.37. The van der Waals surface area contributed by atoms with E-state index in [1.54, 1.807) is 24.5 Å². The molecule has 0 unspecified atom stereocenters. The van der Waals surface area contributed by atoms with Crippen LogP contribution in [0.4, 0.5) is 0 Å². The molecule has 0 aliphatic carbocycles. The lowest BCUT2D eigenvalue weighted by Gasteiger charge is -2.36. The van der Waals surface area contributed by atoms with E-state index in [1.165, 1.54) is 22.8 Å². The molecular formula is C26H22N4O2. The Morgan fingerprint density at radius 3 is 2.91 bits per heavy atom. The van der Waals surface area contributed by atoms with Crippen LogP contribution in [0.25, 0.3) is 17.0 Å². The standard InChI is InChI=1S/C26H22N4O2/c31-24(8-5-17-14-27-16-28-15-17)30-11-9-21-20-3-1-2-4-22(20)29-25(21)26(30)19-6-7-23-18(13-19)10-12-32-23/h1-8,13-16,26,29H,9-12H2/b8-5+/t26-/m1/s1. The fourth-order valence-electron chi connectivity index (χ4n) is 4.86. The van der Waals surface area contributed by atoms with Crippen LogP contribution in [0.3, 0.4) is 0 Å². The topological polar surface area (TPSA) is 71.1 Å². The molecule has 0 fully saturated rings. The Morgan fingerprint density at radius 1 is 1.12 bits per heavy atom. The van der Waals surface area contributed by atoms with Gasteiger partial charge in [0.2, 0.25) is 5.91 Å². The summed E-state index contributed by atoms with van der Waals surface area (Å²) >= 11 is 0. The van der Waals surface area contributed by atoms with Crippen LogP contribution < -0.4 is 4.74 Å². The van der Waals surface area contributed by atoms with E-state index in [1.807, 2.05) is 17.0 Å². The SMILES string of the molecule is O=C(/C=C/c1cncnc1)N1CCc2c([nH]c3ccccc23)[C@H]1c1ccc2c(c1)CCO2. The van der Waals surface area contributed by atoms with E-state index in [9.17, 15) is 4.79 Å². The van der Waals surface area contributed by atoms with Gasteiger partial charge in [-0.2, -0.15) is 0 Å². The molecule has 32 heavy (non-hydrogen) atoms. The predicted molar refractivity (Wildman–Crippen MR) is 122 cm³/mol. The van der Waals surface area contributed by atoms with Gasteiger partial charge in [-0.15, -0.1) is 0 Å². The van der Waals surface area contributed by atoms with E-state index in [2.05, 4.69) is 45.3 Å². The Kier molecular flexibility index (Phi) is 4.49. The lowest BCUT2D eigenvalue weighted by atomic mass is 9.91. The first-order chi connectivity index (χ1) is 15.8. The number of aromatic amines is 1. The Morgan fingerprint density at radius 2 is 2.00 bits per heavy atom. The van der Waals surface area contributed by atoms with E-state index in [0.717, 1.165) is 40.9 Å². The molecule has 0 saturated carbocycles. The molecule has 158 valence electrons. The number of carbonyl (C=O) groups is 1. The molecule has 6 rings (SSSR count). The second-order valence-corrected chi connectivity index (χ2v) is 8.22. The maximum Gasteiger partial charge on any atom is 0.247 e. The number of hydrogen-bond donors (Lipinski definition) is 1. The number of nitrogens with zero attached hydrogens (tertiary/aromatic N) is 3. The van der Waals surface area contributed by atoms with E-state index < -0.39 is 0 Å². The zero-order chi connectivity index (χ0) is 21.5. The average molecular weight is 422 g/mol. The average Bonchev–Trinajstić information content (AvgIpc) is 3.46. The highest BCUT2D eigenvalue weighted by atomic mass is 16.5. The third kappa shape index (κ3) is 3.15. The zero-order valence-corrected chi connectivity index (χ0v) is 17.5. The number of aromatic nitrogens is 3. The first-order valence-electron chi connectivity index (χ1n) is 10.9. The highest BCUT2D eigenvalue weighted by Crippen LogP contribution is 2.40. The fourth-order valence-corrected chi connectivity index (χ4v) is 4.86. The van der Waals surface area contributed by atoms with Crippen molar-refractivity contribution in [3.8, 4) is 5.75 Å². The molecule has 0 radical (unpaired) electrons. The summed E-state index contributed by atoms with van der Waals surface area (Å²) in [6, 6.07) is 14.5. The fraction of sp³-hybridized carbons (Fsp3) is 0.192. The Balaban J connectivity index is 1.44. The number of para-hydroxylation sites is 1. The number of rotatable bonds is 3. The number of benzene rings is 2. The molecule has 1 atom stereocenters. The van der Waals surface area contributed by atoms with Crippen molar-refractivity contribution in [2.75, 3.05) is 13.2 Å². The van der Waals surface area contributed by atoms with E-state index in [-0.39, 0.29) is 11.9 Å². The van der Waals surface area contributed by atoms with Gasteiger partial charge < -0.3 is 14.6 Å². The predicted octanol–water partition coefficient (Wildman–Crippen LogP) is 4.08. The first kappa shape index (κ1) is 18.8. The van der Waals surface area contributed by atoms with Gasteiger partial charge in [-0.1, -0.05) is 24.3 Å². The van der Waals surface area contributed by atoms with Gasteiger partial charge in [0.15, 0.2) is 0 Å². The molecule has 1 N–H and O–H groups in total. The molecule has 6 nitrogen and oxygen atoms in total. The summed E-state index contributed by atoms with van der Waals surface area (Å²) < 4.78 is 5.71. The van der Waals surface area contributed by atoms with Crippen LogP contribution in [0.1, 0.15) is 34.0 Å². The smallest absolute Gasteiger partial charge is 0.247 e. The Labute approximate surface area is 185 Å². The summed E-state index contributed by atoms with van der Waals surface area (Å²) in [4.78, 5) is 27.0. The lowest BCUT2D eigenvalue weighted by molar-refractivity contribution is -0.128. The molecule has 4 heterocycles. The van der Waals surface area contributed by atoms with Gasteiger partial charge in [-0.25, -0.2) is 9.97 Å². The molecule has 2 aliphatic heterocycles. The number of hydrogen-bond acceptors (Lipinski definition) is 4. The van der Waals surface area contributed by atoms with Crippen LogP contribution in [0, 0.1) is 0 Å². The molecular weight excluding hydrogens is 400 g/mol. The van der Waals surface area contributed by atoms with E-state index >= 15 is 0 Å². The maximum atomic E-state index is 13.4. The van der Waals surface area contributed by atoms with Crippen LogP contribution in [-0.2, 0) is 17.6 Å². The minimum Gasteiger partial charge on any atom is -0.493 e. The quantitative estimate of drug-likeness (QED) is 0.505. The molecule has 1 amide bonds. The van der Waals surface area contributed by atoms with Crippen molar-refractivity contribution in [2.45, 2.75) is 18.9 Å². The van der Waals surface area contributed by atoms with Gasteiger partial charge in [0.05, 0.1) is 12.6 Å². The van der Waals surface area contributed by atoms with Crippen LogP contribution >= 0.6 is 0 Å². The van der Waals surface area contributed by atoms with Gasteiger partial charge in [-0.3, -0.25) is 4.79 Å². The van der Waals surface area contributed by atoms with Gasteiger partial charge in [0.1, 0.15) is 12.1 Å². The number of nitrogens with one attached hydrogen (secondary N) is 1. The van der Waals surface area contributed by atoms with Gasteiger partial charge in [0.25, 0.3) is 0 Å². The molecule has 0 spiro atoms. The van der Waals surface area contributed by atoms with E-state index in [4.69, 9.17) is 4.74 Å². The number of carbonyl (C=O) groups excluding carboxylic acids is 1. The van der Waals surface area contributed by atoms with Crippen molar-refractivity contribution >= 4 is 22.9 Å². The van der Waals surface area contributed by atoms with Crippen molar-refractivity contribution in [1.29, 1.82) is 0 Å². The van der Waals surface area contributed by atoms with Gasteiger partial charge in [0, 0.05) is 53.6 Å². The van der Waals surface area contributed by atoms with E-state index in [0.29, 0.717) is 13.2 Å². The highest BCUT2D eigenvalue weighted by molar-refractivity contribution is 5.93. The highest BCUT2D eigenvalue weighted by Gasteiger charge is 2.34. The molecule has 4 aromatic rings. The van der Waals surface area contributed by atoms with Crippen LogP contribution in [0.5, 0.6) is 5.75 Å². The van der Waals surface area contributed by atoms with Crippen molar-refractivity contribution in [2.24, 2.45) is 0 Å². The molecule has 0 saturated heterocycles. The monoisotopic (exact) mass is 422 g/mol. The minimum atomic E-state index is -0.179. The Hall–Kier alpha value is -3.93. The summed E-state index contributed by atoms with van der Waals surface area (Å²) in [5.74, 6) is 0.920. The van der Waals surface area contributed by atoms with Gasteiger partial charge >= 0.3 is 0 Å². The summed E-state index contributed by atoms with van der Waals surface area (Å²) in [6.07, 6.45) is 9.98. The third-order valence-corrected chi connectivity index (χ3v) is 6.35. The molecule has 0 bridgehead atoms. The second kappa shape index (κ2) is 7.64. The van der Waals surface area contributed by atoms with Gasteiger partial charge in [-0.05, 0) is 47.4 Å². The first-order valence-corrected chi connectivity index (χ1v) is 10.9. The largest absolute Gasteiger partial charge is 0.493 e. The van der Waals surface area contributed by atoms with Crippen LogP contribution in [0.15, 0.2) is 67.3 Å². The van der Waals surface area contributed by atoms with Crippen molar-refractivity contribution < 1.29 is 9.53 Å². The number of amides is 1. The van der Waals surface area contributed by atoms with Crippen LogP contribution in [0.2, 0.25) is 0 Å².